The van der Waals surface area contributed by atoms with Crippen LogP contribution < -0.4 is 10.2 Å². The van der Waals surface area contributed by atoms with E-state index in [0.717, 1.165) is 39.4 Å². The average Bonchev–Trinajstić information content (AvgIpc) is 3.23. The van der Waals surface area contributed by atoms with Crippen LogP contribution in [0.25, 0.3) is 21.6 Å². The molecule has 5 rings (SSSR count). The van der Waals surface area contributed by atoms with Crippen LogP contribution in [-0.4, -0.2) is 47.6 Å². The Labute approximate surface area is 190 Å². The molecule has 1 saturated heterocycles. The monoisotopic (exact) mass is 445 g/mol. The van der Waals surface area contributed by atoms with E-state index in [-0.39, 0.29) is 12.0 Å². The van der Waals surface area contributed by atoms with Crippen LogP contribution in [0.2, 0.25) is 0 Å². The summed E-state index contributed by atoms with van der Waals surface area (Å²) in [5, 5.41) is 3.72. The zero-order chi connectivity index (χ0) is 22.1. The maximum absolute atomic E-state index is 12.6. The van der Waals surface area contributed by atoms with Gasteiger partial charge in [-0.1, -0.05) is 36.4 Å². The number of carbonyl (C=O) groups is 1. The molecule has 8 heteroatoms. The number of pyridine rings is 1. The minimum atomic E-state index is -0.260. The first-order valence-electron chi connectivity index (χ1n) is 10.5. The van der Waals surface area contributed by atoms with Crippen molar-refractivity contribution in [2.24, 2.45) is 0 Å². The molecule has 1 aromatic carbocycles. The summed E-state index contributed by atoms with van der Waals surface area (Å²) in [4.78, 5) is 30.3. The minimum absolute atomic E-state index is 0.118. The lowest BCUT2D eigenvalue weighted by atomic mass is 10.0. The van der Waals surface area contributed by atoms with Crippen molar-refractivity contribution < 1.29 is 9.53 Å². The first-order chi connectivity index (χ1) is 15.6. The fraction of sp³-hybridized carbons (Fsp3) is 0.250. The molecule has 0 saturated carbocycles. The topological polar surface area (TPSA) is 80.2 Å². The second-order valence-electron chi connectivity index (χ2n) is 7.64. The molecule has 1 atom stereocenters. The Morgan fingerprint density at radius 1 is 1.19 bits per heavy atom. The molecule has 3 aromatic heterocycles. The molecule has 1 aliphatic heterocycles. The van der Waals surface area contributed by atoms with Crippen LogP contribution in [0.3, 0.4) is 0 Å². The van der Waals surface area contributed by atoms with E-state index >= 15 is 0 Å². The van der Waals surface area contributed by atoms with E-state index in [4.69, 9.17) is 9.72 Å². The predicted molar refractivity (Wildman–Crippen MR) is 126 cm³/mol. The smallest absolute Gasteiger partial charge is 0.261 e. The number of hydrogen-bond donors (Lipinski definition) is 1. The van der Waals surface area contributed by atoms with Crippen molar-refractivity contribution >= 4 is 33.3 Å². The zero-order valence-electron chi connectivity index (χ0n) is 17.9. The van der Waals surface area contributed by atoms with Crippen LogP contribution in [0.4, 0.5) is 5.82 Å². The van der Waals surface area contributed by atoms with Crippen LogP contribution >= 0.6 is 11.3 Å². The number of amides is 1. The molecule has 162 valence electrons. The van der Waals surface area contributed by atoms with Crippen LogP contribution in [0.5, 0.6) is 0 Å². The molecular weight excluding hydrogens is 422 g/mol. The Morgan fingerprint density at radius 3 is 2.84 bits per heavy atom. The summed E-state index contributed by atoms with van der Waals surface area (Å²) in [7, 11) is 1.65. The third kappa shape index (κ3) is 3.83. The maximum atomic E-state index is 12.6. The lowest BCUT2D eigenvalue weighted by Gasteiger charge is -2.34. The normalized spacial score (nSPS) is 16.3. The number of aryl methyl sites for hydroxylation is 1. The summed E-state index contributed by atoms with van der Waals surface area (Å²) in [5.41, 5.74) is 2.79. The Hall–Kier alpha value is -3.36. The number of morpholine rings is 1. The third-order valence-corrected chi connectivity index (χ3v) is 6.65. The van der Waals surface area contributed by atoms with Gasteiger partial charge in [0.15, 0.2) is 5.82 Å². The van der Waals surface area contributed by atoms with Crippen LogP contribution in [0, 0.1) is 6.92 Å². The predicted octanol–water partition coefficient (Wildman–Crippen LogP) is 4.00. The van der Waals surface area contributed by atoms with E-state index in [1.54, 1.807) is 13.2 Å². The summed E-state index contributed by atoms with van der Waals surface area (Å²) in [6, 6.07) is 15.9. The molecule has 1 fully saturated rings. The molecule has 4 heterocycles. The maximum Gasteiger partial charge on any atom is 0.261 e. The zero-order valence-corrected chi connectivity index (χ0v) is 18.7. The van der Waals surface area contributed by atoms with Gasteiger partial charge in [0.2, 0.25) is 0 Å². The van der Waals surface area contributed by atoms with E-state index in [1.165, 1.54) is 11.3 Å². The number of nitrogens with zero attached hydrogens (tertiary/aromatic N) is 4. The van der Waals surface area contributed by atoms with Gasteiger partial charge >= 0.3 is 0 Å². The van der Waals surface area contributed by atoms with Crippen molar-refractivity contribution in [1.29, 1.82) is 0 Å². The van der Waals surface area contributed by atoms with Crippen molar-refractivity contribution in [3.8, 4) is 11.4 Å². The van der Waals surface area contributed by atoms with Gasteiger partial charge in [0.05, 0.1) is 6.61 Å². The number of fused-ring (bicyclic) bond motifs is 1. The molecule has 1 N–H and O–H groups in total. The van der Waals surface area contributed by atoms with Gasteiger partial charge in [-0.05, 0) is 13.0 Å². The second kappa shape index (κ2) is 8.64. The minimum Gasteiger partial charge on any atom is -0.370 e. The van der Waals surface area contributed by atoms with E-state index in [9.17, 15) is 4.79 Å². The Balaban J connectivity index is 1.51. The highest BCUT2D eigenvalue weighted by Gasteiger charge is 2.30. The highest BCUT2D eigenvalue weighted by Crippen LogP contribution is 2.38. The first kappa shape index (κ1) is 20.5. The molecule has 1 aliphatic rings. The average molecular weight is 446 g/mol. The van der Waals surface area contributed by atoms with Gasteiger partial charge < -0.3 is 15.0 Å². The summed E-state index contributed by atoms with van der Waals surface area (Å²) in [5.74, 6) is 1.46. The van der Waals surface area contributed by atoms with E-state index in [1.807, 2.05) is 55.5 Å². The molecule has 0 spiro atoms. The molecule has 0 unspecified atom stereocenters. The van der Waals surface area contributed by atoms with Crippen molar-refractivity contribution in [3.63, 3.8) is 0 Å². The molecule has 0 aliphatic carbocycles. The number of thiophene rings is 1. The number of nitrogens with one attached hydrogen (secondary N) is 1. The molecule has 32 heavy (non-hydrogen) atoms. The summed E-state index contributed by atoms with van der Waals surface area (Å²) in [6.07, 6.45) is 1.49. The molecule has 0 radical (unpaired) electrons. The van der Waals surface area contributed by atoms with Crippen LogP contribution in [0.15, 0.2) is 54.7 Å². The number of anilines is 1. The fourth-order valence-electron chi connectivity index (χ4n) is 4.02. The number of carbonyl (C=O) groups excluding carboxylic acids is 1. The SMILES string of the molecule is CNC(=O)c1sc2ncccc2c1[C@@H]1CN(c2cc(C)nc(-c3ccccc3)n2)CCO1. The summed E-state index contributed by atoms with van der Waals surface area (Å²) >= 11 is 1.40. The van der Waals surface area contributed by atoms with Gasteiger partial charge in [-0.2, -0.15) is 0 Å². The van der Waals surface area contributed by atoms with E-state index in [0.29, 0.717) is 23.9 Å². The first-order valence-corrected chi connectivity index (χ1v) is 11.3. The number of aromatic nitrogens is 3. The number of rotatable bonds is 4. The quantitative estimate of drug-likeness (QED) is 0.511. The van der Waals surface area contributed by atoms with Crippen molar-refractivity contribution in [2.45, 2.75) is 13.0 Å². The number of hydrogen-bond acceptors (Lipinski definition) is 7. The summed E-state index contributed by atoms with van der Waals surface area (Å²) < 4.78 is 6.18. The standard InChI is InChI=1S/C24H23N5O2S/c1-15-13-19(28-22(27-15)16-7-4-3-5-8-16)29-11-12-31-18(14-29)20-17-9-6-10-26-24(17)32-21(20)23(30)25-2/h3-10,13,18H,11-12,14H2,1-2H3,(H,25,30)/t18-/m0/s1. The molecule has 0 bridgehead atoms. The molecule has 1 amide bonds. The van der Waals surface area contributed by atoms with E-state index in [2.05, 4.69) is 20.2 Å². The Kier molecular flexibility index (Phi) is 5.55. The lowest BCUT2D eigenvalue weighted by Crippen LogP contribution is -2.39. The summed E-state index contributed by atoms with van der Waals surface area (Å²) in [6.45, 7) is 3.84. The number of ether oxygens (including phenoxy) is 1. The van der Waals surface area contributed by atoms with Crippen molar-refractivity contribution in [2.75, 3.05) is 31.6 Å². The largest absolute Gasteiger partial charge is 0.370 e. The van der Waals surface area contributed by atoms with Gasteiger partial charge in [0, 0.05) is 54.6 Å². The van der Waals surface area contributed by atoms with Gasteiger partial charge in [-0.3, -0.25) is 4.79 Å². The second-order valence-corrected chi connectivity index (χ2v) is 8.64. The third-order valence-electron chi connectivity index (χ3n) is 5.52. The highest BCUT2D eigenvalue weighted by atomic mass is 32.1. The number of benzene rings is 1. The van der Waals surface area contributed by atoms with Crippen LogP contribution in [-0.2, 0) is 4.74 Å². The van der Waals surface area contributed by atoms with Crippen LogP contribution in [0.1, 0.15) is 27.0 Å². The van der Waals surface area contributed by atoms with Gasteiger partial charge in [0.25, 0.3) is 5.91 Å². The Bertz CT molecular complexity index is 1270. The van der Waals surface area contributed by atoms with E-state index < -0.39 is 0 Å². The van der Waals surface area contributed by atoms with Gasteiger partial charge in [-0.15, -0.1) is 11.3 Å². The Morgan fingerprint density at radius 2 is 2.03 bits per heavy atom. The van der Waals surface area contributed by atoms with Gasteiger partial charge in [0.1, 0.15) is 21.6 Å². The van der Waals surface area contributed by atoms with Crippen molar-refractivity contribution in [1.82, 2.24) is 20.3 Å². The van der Waals surface area contributed by atoms with Gasteiger partial charge in [-0.25, -0.2) is 15.0 Å². The van der Waals surface area contributed by atoms with Crippen molar-refractivity contribution in [3.05, 3.63) is 70.9 Å². The fourth-order valence-corrected chi connectivity index (χ4v) is 5.16. The highest BCUT2D eigenvalue weighted by molar-refractivity contribution is 7.20. The molecule has 4 aromatic rings. The molecular formula is C24H23N5O2S. The lowest BCUT2D eigenvalue weighted by molar-refractivity contribution is 0.0399. The molecule has 7 nitrogen and oxygen atoms in total.